The summed E-state index contributed by atoms with van der Waals surface area (Å²) in [4.78, 5) is 28.3. The van der Waals surface area contributed by atoms with E-state index in [2.05, 4.69) is 4.98 Å². The molecular weight excluding hydrogens is 442 g/mol. The van der Waals surface area contributed by atoms with Crippen molar-refractivity contribution in [2.75, 3.05) is 7.11 Å². The van der Waals surface area contributed by atoms with Crippen molar-refractivity contribution in [2.24, 2.45) is 0 Å². The number of halogens is 1. The summed E-state index contributed by atoms with van der Waals surface area (Å²) in [7, 11) is 1.55. The van der Waals surface area contributed by atoms with Crippen LogP contribution in [0.2, 0.25) is 5.02 Å². The van der Waals surface area contributed by atoms with E-state index in [0.717, 1.165) is 11.1 Å². The van der Waals surface area contributed by atoms with Gasteiger partial charge in [0.15, 0.2) is 11.5 Å². The van der Waals surface area contributed by atoms with Gasteiger partial charge < -0.3 is 19.2 Å². The second kappa shape index (κ2) is 8.64. The quantitative estimate of drug-likeness (QED) is 0.413. The van der Waals surface area contributed by atoms with E-state index in [1.807, 2.05) is 42.5 Å². The molecule has 1 aliphatic rings. The highest BCUT2D eigenvalue weighted by Gasteiger charge is 2.33. The molecule has 1 aromatic heterocycles. The molecule has 1 atom stereocenters. The van der Waals surface area contributed by atoms with Gasteiger partial charge in [-0.15, -0.1) is 0 Å². The van der Waals surface area contributed by atoms with E-state index in [1.54, 1.807) is 31.4 Å². The first-order chi connectivity index (χ1) is 16.0. The summed E-state index contributed by atoms with van der Waals surface area (Å²) in [5.74, 6) is 0.487. The summed E-state index contributed by atoms with van der Waals surface area (Å²) < 4.78 is 17.0. The van der Waals surface area contributed by atoms with Crippen molar-refractivity contribution in [3.8, 4) is 17.2 Å². The smallest absolute Gasteiger partial charge is 0.312 e. The van der Waals surface area contributed by atoms with Crippen molar-refractivity contribution in [3.05, 3.63) is 98.8 Å². The topological polar surface area (TPSA) is 77.6 Å². The Kier molecular flexibility index (Phi) is 5.52. The molecule has 0 bridgehead atoms. The average molecular weight is 462 g/mol. The van der Waals surface area contributed by atoms with E-state index >= 15 is 0 Å². The fraction of sp³-hybridized carbons (Fsp3) is 0.154. The fourth-order valence-corrected chi connectivity index (χ4v) is 4.34. The molecule has 1 aliphatic heterocycles. The zero-order valence-corrected chi connectivity index (χ0v) is 18.5. The molecule has 1 N–H and O–H groups in total. The standard InChI is InChI=1S/C26H20ClNO5/c1-31-22-12-15(10-11-21(22)32-14-16-6-2-4-8-19(16)27)18-13-23(29)33-25-17-7-3-5-9-20(17)28-26(30)24(18)25/h2-12,18H,13-14H2,1H3,(H,28,30). The van der Waals surface area contributed by atoms with Crippen LogP contribution in [0.1, 0.15) is 29.0 Å². The van der Waals surface area contributed by atoms with Gasteiger partial charge in [-0.05, 0) is 35.9 Å². The first kappa shape index (κ1) is 21.1. The number of ether oxygens (including phenoxy) is 3. The second-order valence-corrected chi connectivity index (χ2v) is 8.17. The summed E-state index contributed by atoms with van der Waals surface area (Å²) in [5.41, 5.74) is 2.39. The minimum absolute atomic E-state index is 0.0530. The molecule has 5 rings (SSSR count). The Hall–Kier alpha value is -3.77. The number of rotatable bonds is 5. The molecule has 0 radical (unpaired) electrons. The van der Waals surface area contributed by atoms with Crippen LogP contribution in [-0.2, 0) is 11.4 Å². The van der Waals surface area contributed by atoms with E-state index in [9.17, 15) is 9.59 Å². The lowest BCUT2D eigenvalue weighted by atomic mass is 9.86. The van der Waals surface area contributed by atoms with Crippen LogP contribution in [0.4, 0.5) is 0 Å². The van der Waals surface area contributed by atoms with Crippen LogP contribution >= 0.6 is 11.6 Å². The van der Waals surface area contributed by atoms with Gasteiger partial charge in [-0.3, -0.25) is 9.59 Å². The van der Waals surface area contributed by atoms with Crippen LogP contribution in [0.3, 0.4) is 0 Å². The number of aromatic nitrogens is 1. The summed E-state index contributed by atoms with van der Waals surface area (Å²) >= 11 is 6.22. The van der Waals surface area contributed by atoms with Crippen LogP contribution in [0, 0.1) is 0 Å². The second-order valence-electron chi connectivity index (χ2n) is 7.76. The number of hydrogen-bond donors (Lipinski definition) is 1. The summed E-state index contributed by atoms with van der Waals surface area (Å²) in [6, 6.07) is 20.1. The number of carbonyl (C=O) groups excluding carboxylic acids is 1. The lowest BCUT2D eigenvalue weighted by Crippen LogP contribution is -2.28. The van der Waals surface area contributed by atoms with Crippen molar-refractivity contribution in [1.29, 1.82) is 0 Å². The van der Waals surface area contributed by atoms with Gasteiger partial charge in [-0.2, -0.15) is 0 Å². The molecule has 7 heteroatoms. The van der Waals surface area contributed by atoms with E-state index < -0.39 is 5.92 Å². The van der Waals surface area contributed by atoms with Gasteiger partial charge in [-0.25, -0.2) is 0 Å². The summed E-state index contributed by atoms with van der Waals surface area (Å²) in [6.45, 7) is 0.277. The van der Waals surface area contributed by atoms with Crippen molar-refractivity contribution in [3.63, 3.8) is 0 Å². The highest BCUT2D eigenvalue weighted by molar-refractivity contribution is 6.31. The number of benzene rings is 3. The van der Waals surface area contributed by atoms with Gasteiger partial charge in [0.25, 0.3) is 5.56 Å². The molecule has 0 aliphatic carbocycles. The minimum Gasteiger partial charge on any atom is -0.493 e. The molecule has 0 spiro atoms. The molecule has 0 saturated heterocycles. The van der Waals surface area contributed by atoms with Gasteiger partial charge in [0.2, 0.25) is 0 Å². The van der Waals surface area contributed by atoms with Gasteiger partial charge >= 0.3 is 5.97 Å². The van der Waals surface area contributed by atoms with Crippen molar-refractivity contribution < 1.29 is 19.0 Å². The molecule has 0 amide bonds. The first-order valence-electron chi connectivity index (χ1n) is 10.4. The number of esters is 1. The Morgan fingerprint density at radius 3 is 2.64 bits per heavy atom. The maximum Gasteiger partial charge on any atom is 0.312 e. The number of H-pyrrole nitrogens is 1. The van der Waals surface area contributed by atoms with Gasteiger partial charge in [0.1, 0.15) is 12.4 Å². The van der Waals surface area contributed by atoms with E-state index in [4.69, 9.17) is 25.8 Å². The van der Waals surface area contributed by atoms with E-state index in [1.165, 1.54) is 0 Å². The summed E-state index contributed by atoms with van der Waals surface area (Å²) in [5, 5.41) is 1.31. The SMILES string of the molecule is COc1cc(C2CC(=O)Oc3c2c(=O)[nH]c2ccccc32)ccc1OCc1ccccc1Cl. The summed E-state index contributed by atoms with van der Waals surface area (Å²) in [6.07, 6.45) is 0.0530. The number of fused-ring (bicyclic) bond motifs is 3. The van der Waals surface area contributed by atoms with Gasteiger partial charge in [0.05, 0.1) is 24.6 Å². The normalized spacial score (nSPS) is 15.1. The van der Waals surface area contributed by atoms with Crippen LogP contribution in [0.25, 0.3) is 10.9 Å². The Morgan fingerprint density at radius 2 is 1.82 bits per heavy atom. The predicted octanol–water partition coefficient (Wildman–Crippen LogP) is 5.21. The third-order valence-electron chi connectivity index (χ3n) is 5.78. The molecule has 1 unspecified atom stereocenters. The molecule has 2 heterocycles. The highest BCUT2D eigenvalue weighted by atomic mass is 35.5. The Morgan fingerprint density at radius 1 is 1.03 bits per heavy atom. The lowest BCUT2D eigenvalue weighted by molar-refractivity contribution is -0.135. The van der Waals surface area contributed by atoms with E-state index in [-0.39, 0.29) is 24.6 Å². The van der Waals surface area contributed by atoms with Gasteiger partial charge in [0, 0.05) is 21.9 Å². The van der Waals surface area contributed by atoms with Crippen molar-refractivity contribution >= 4 is 28.5 Å². The lowest BCUT2D eigenvalue weighted by Gasteiger charge is -2.25. The van der Waals surface area contributed by atoms with Crippen LogP contribution in [-0.4, -0.2) is 18.1 Å². The zero-order chi connectivity index (χ0) is 22.9. The molecule has 0 fully saturated rings. The molecule has 0 saturated carbocycles. The minimum atomic E-state index is -0.471. The van der Waals surface area contributed by atoms with E-state index in [0.29, 0.717) is 38.7 Å². The monoisotopic (exact) mass is 461 g/mol. The number of carbonyl (C=O) groups is 1. The number of para-hydroxylation sites is 1. The Labute approximate surface area is 194 Å². The first-order valence-corrected chi connectivity index (χ1v) is 10.8. The molecule has 4 aromatic rings. The Bertz CT molecular complexity index is 1430. The van der Waals surface area contributed by atoms with Gasteiger partial charge in [-0.1, -0.05) is 48.0 Å². The number of hydrogen-bond acceptors (Lipinski definition) is 5. The van der Waals surface area contributed by atoms with Crippen LogP contribution in [0.5, 0.6) is 17.2 Å². The molecule has 3 aromatic carbocycles. The third-order valence-corrected chi connectivity index (χ3v) is 6.14. The molecule has 166 valence electrons. The zero-order valence-electron chi connectivity index (χ0n) is 17.8. The highest BCUT2D eigenvalue weighted by Crippen LogP contribution is 2.42. The van der Waals surface area contributed by atoms with Crippen molar-refractivity contribution in [1.82, 2.24) is 4.98 Å². The number of methoxy groups -OCH3 is 1. The predicted molar refractivity (Wildman–Crippen MR) is 125 cm³/mol. The van der Waals surface area contributed by atoms with Crippen LogP contribution in [0.15, 0.2) is 71.5 Å². The Balaban J connectivity index is 1.53. The fourth-order valence-electron chi connectivity index (χ4n) is 4.15. The molecule has 6 nitrogen and oxygen atoms in total. The largest absolute Gasteiger partial charge is 0.493 e. The molecule has 33 heavy (non-hydrogen) atoms. The number of aromatic amines is 1. The molecular formula is C26H20ClNO5. The average Bonchev–Trinajstić information content (AvgIpc) is 2.83. The van der Waals surface area contributed by atoms with Crippen molar-refractivity contribution in [2.45, 2.75) is 18.9 Å². The number of nitrogens with one attached hydrogen (secondary N) is 1. The third kappa shape index (κ3) is 3.94. The van der Waals surface area contributed by atoms with Crippen LogP contribution < -0.4 is 19.8 Å². The maximum absolute atomic E-state index is 13.0. The maximum atomic E-state index is 13.0. The number of pyridine rings is 1.